The maximum Gasteiger partial charge on any atom is 0.253 e. The van der Waals surface area contributed by atoms with E-state index in [-0.39, 0.29) is 17.7 Å². The van der Waals surface area contributed by atoms with Gasteiger partial charge in [0.15, 0.2) is 0 Å². The van der Waals surface area contributed by atoms with Gasteiger partial charge in [-0.3, -0.25) is 14.4 Å². The molecule has 164 valence electrons. The summed E-state index contributed by atoms with van der Waals surface area (Å²) in [6.45, 7) is 3.63. The molecule has 1 saturated heterocycles. The molecule has 1 atom stereocenters. The molecule has 0 aliphatic carbocycles. The second-order valence-electron chi connectivity index (χ2n) is 7.72. The Labute approximate surface area is 188 Å². The molecule has 1 heterocycles. The molecule has 0 saturated carbocycles. The van der Waals surface area contributed by atoms with Crippen molar-refractivity contribution in [1.29, 1.82) is 0 Å². The molecule has 1 aliphatic heterocycles. The van der Waals surface area contributed by atoms with E-state index in [0.717, 1.165) is 12.8 Å². The fraction of sp³-hybridized carbons (Fsp3) is 0.375. The molecule has 1 unspecified atom stereocenters. The van der Waals surface area contributed by atoms with Gasteiger partial charge in [0.05, 0.1) is 10.6 Å². The molecule has 0 radical (unpaired) electrons. The molecule has 3 rings (SSSR count). The first kappa shape index (κ1) is 22.8. The number of halogens is 1. The molecule has 0 bridgehead atoms. The quantitative estimate of drug-likeness (QED) is 0.717. The van der Waals surface area contributed by atoms with Crippen LogP contribution in [0.3, 0.4) is 0 Å². The lowest BCUT2D eigenvalue weighted by Crippen LogP contribution is -2.55. The van der Waals surface area contributed by atoms with Gasteiger partial charge in [0, 0.05) is 32.6 Å². The minimum atomic E-state index is -0.670. The topological polar surface area (TPSA) is 69.7 Å². The Hall–Kier alpha value is -2.86. The predicted molar refractivity (Wildman–Crippen MR) is 121 cm³/mol. The second kappa shape index (κ2) is 11.0. The van der Waals surface area contributed by atoms with E-state index in [1.54, 1.807) is 36.1 Å². The summed E-state index contributed by atoms with van der Waals surface area (Å²) < 4.78 is 0. The highest BCUT2D eigenvalue weighted by Gasteiger charge is 2.27. The van der Waals surface area contributed by atoms with Gasteiger partial charge in [-0.05, 0) is 37.5 Å². The maximum atomic E-state index is 12.7. The fourth-order valence-electron chi connectivity index (χ4n) is 3.68. The molecular weight excluding hydrogens is 414 g/mol. The van der Waals surface area contributed by atoms with Gasteiger partial charge in [0.2, 0.25) is 11.8 Å². The molecule has 1 aliphatic rings. The summed E-state index contributed by atoms with van der Waals surface area (Å²) in [4.78, 5) is 41.1. The number of piperazine rings is 1. The van der Waals surface area contributed by atoms with Crippen molar-refractivity contribution in [3.05, 3.63) is 70.7 Å². The number of nitrogens with one attached hydrogen (secondary N) is 1. The summed E-state index contributed by atoms with van der Waals surface area (Å²) in [5.41, 5.74) is 1.58. The van der Waals surface area contributed by atoms with E-state index in [1.165, 1.54) is 5.56 Å². The van der Waals surface area contributed by atoms with Crippen molar-refractivity contribution in [2.24, 2.45) is 0 Å². The number of amides is 3. The monoisotopic (exact) mass is 441 g/mol. The van der Waals surface area contributed by atoms with E-state index in [0.29, 0.717) is 43.2 Å². The van der Waals surface area contributed by atoms with Crippen LogP contribution in [-0.4, -0.2) is 59.7 Å². The number of hydrogen-bond donors (Lipinski definition) is 1. The van der Waals surface area contributed by atoms with Gasteiger partial charge >= 0.3 is 0 Å². The third kappa shape index (κ3) is 6.31. The molecule has 0 aromatic heterocycles. The van der Waals surface area contributed by atoms with E-state index < -0.39 is 6.04 Å². The Bertz CT molecular complexity index is 911. The summed E-state index contributed by atoms with van der Waals surface area (Å²) in [7, 11) is 0. The number of carbonyl (C=O) groups excluding carboxylic acids is 3. The zero-order chi connectivity index (χ0) is 22.2. The first-order chi connectivity index (χ1) is 15.0. The lowest BCUT2D eigenvalue weighted by Gasteiger charge is -2.36. The summed E-state index contributed by atoms with van der Waals surface area (Å²) in [5, 5.41) is 3.06. The normalized spacial score (nSPS) is 14.8. The Morgan fingerprint density at radius 1 is 0.935 bits per heavy atom. The summed E-state index contributed by atoms with van der Waals surface area (Å²) in [6, 6.07) is 16.2. The number of nitrogens with zero attached hydrogens (tertiary/aromatic N) is 2. The Kier molecular flexibility index (Phi) is 8.06. The van der Waals surface area contributed by atoms with Crippen molar-refractivity contribution >= 4 is 29.3 Å². The second-order valence-corrected chi connectivity index (χ2v) is 8.13. The van der Waals surface area contributed by atoms with Crippen LogP contribution >= 0.6 is 11.6 Å². The molecule has 2 aromatic rings. The zero-order valence-electron chi connectivity index (χ0n) is 17.7. The molecule has 0 spiro atoms. The molecule has 1 fully saturated rings. The minimum Gasteiger partial charge on any atom is -0.340 e. The average molecular weight is 442 g/mol. The lowest BCUT2D eigenvalue weighted by atomic mass is 10.1. The molecular formula is C24H28ClN3O3. The number of benzene rings is 2. The van der Waals surface area contributed by atoms with Crippen LogP contribution in [0.4, 0.5) is 0 Å². The number of rotatable bonds is 7. The number of carbonyl (C=O) groups is 3. The first-order valence-corrected chi connectivity index (χ1v) is 11.0. The van der Waals surface area contributed by atoms with Crippen LogP contribution in [0, 0.1) is 0 Å². The highest BCUT2D eigenvalue weighted by Crippen LogP contribution is 2.15. The van der Waals surface area contributed by atoms with Crippen molar-refractivity contribution in [2.45, 2.75) is 32.2 Å². The van der Waals surface area contributed by atoms with E-state index in [9.17, 15) is 14.4 Å². The molecule has 7 heteroatoms. The van der Waals surface area contributed by atoms with Crippen LogP contribution in [0.5, 0.6) is 0 Å². The van der Waals surface area contributed by atoms with E-state index in [1.807, 2.05) is 23.1 Å². The van der Waals surface area contributed by atoms with E-state index in [2.05, 4.69) is 17.4 Å². The van der Waals surface area contributed by atoms with Crippen LogP contribution in [0.25, 0.3) is 0 Å². The lowest BCUT2D eigenvalue weighted by molar-refractivity contribution is -0.140. The number of aryl methyl sites for hydroxylation is 1. The average Bonchev–Trinajstić information content (AvgIpc) is 2.79. The van der Waals surface area contributed by atoms with Crippen LogP contribution in [0.15, 0.2) is 54.6 Å². The van der Waals surface area contributed by atoms with Crippen LogP contribution in [0.1, 0.15) is 35.7 Å². The maximum absolute atomic E-state index is 12.7. The first-order valence-electron chi connectivity index (χ1n) is 10.6. The third-order valence-electron chi connectivity index (χ3n) is 5.48. The Balaban J connectivity index is 1.42. The fourth-order valence-corrected chi connectivity index (χ4v) is 3.90. The summed E-state index contributed by atoms with van der Waals surface area (Å²) >= 11 is 6.05. The third-order valence-corrected chi connectivity index (χ3v) is 5.81. The van der Waals surface area contributed by atoms with Gasteiger partial charge in [0.1, 0.15) is 6.04 Å². The molecule has 1 N–H and O–H groups in total. The highest BCUT2D eigenvalue weighted by molar-refractivity contribution is 6.33. The van der Waals surface area contributed by atoms with Gasteiger partial charge in [-0.25, -0.2) is 0 Å². The predicted octanol–water partition coefficient (Wildman–Crippen LogP) is 3.15. The van der Waals surface area contributed by atoms with Crippen molar-refractivity contribution in [2.75, 3.05) is 26.2 Å². The highest BCUT2D eigenvalue weighted by atomic mass is 35.5. The Morgan fingerprint density at radius 3 is 2.23 bits per heavy atom. The summed E-state index contributed by atoms with van der Waals surface area (Å²) in [6.07, 6.45) is 2.20. The molecule has 31 heavy (non-hydrogen) atoms. The van der Waals surface area contributed by atoms with Crippen LogP contribution in [-0.2, 0) is 16.0 Å². The van der Waals surface area contributed by atoms with Gasteiger partial charge < -0.3 is 15.1 Å². The molecule has 2 aromatic carbocycles. The van der Waals surface area contributed by atoms with E-state index in [4.69, 9.17) is 11.6 Å². The van der Waals surface area contributed by atoms with Crippen molar-refractivity contribution < 1.29 is 14.4 Å². The Morgan fingerprint density at radius 2 is 1.55 bits per heavy atom. The van der Waals surface area contributed by atoms with Gasteiger partial charge in [0.25, 0.3) is 5.91 Å². The smallest absolute Gasteiger partial charge is 0.253 e. The minimum absolute atomic E-state index is 0.128. The largest absolute Gasteiger partial charge is 0.340 e. The standard InChI is InChI=1S/C24H28ClN3O3/c1-18(26-23(30)20-11-5-6-12-21(20)25)24(31)28-16-14-27(15-17-28)22(29)13-7-10-19-8-3-2-4-9-19/h2-6,8-9,11-12,18H,7,10,13-17H2,1H3,(H,26,30). The van der Waals surface area contributed by atoms with Crippen LogP contribution in [0.2, 0.25) is 5.02 Å². The molecule has 6 nitrogen and oxygen atoms in total. The van der Waals surface area contributed by atoms with E-state index >= 15 is 0 Å². The summed E-state index contributed by atoms with van der Waals surface area (Å²) in [5.74, 6) is -0.404. The van der Waals surface area contributed by atoms with Crippen LogP contribution < -0.4 is 5.32 Å². The SMILES string of the molecule is CC(NC(=O)c1ccccc1Cl)C(=O)N1CCN(C(=O)CCCc2ccccc2)CC1. The van der Waals surface area contributed by atoms with Gasteiger partial charge in [-0.1, -0.05) is 54.1 Å². The molecule has 3 amide bonds. The zero-order valence-corrected chi connectivity index (χ0v) is 18.5. The van der Waals surface area contributed by atoms with Crippen molar-refractivity contribution in [3.8, 4) is 0 Å². The van der Waals surface area contributed by atoms with Crippen molar-refractivity contribution in [3.63, 3.8) is 0 Å². The number of hydrogen-bond acceptors (Lipinski definition) is 3. The van der Waals surface area contributed by atoms with Gasteiger partial charge in [-0.15, -0.1) is 0 Å². The van der Waals surface area contributed by atoms with Crippen molar-refractivity contribution in [1.82, 2.24) is 15.1 Å². The van der Waals surface area contributed by atoms with Gasteiger partial charge in [-0.2, -0.15) is 0 Å².